The van der Waals surface area contributed by atoms with Crippen molar-refractivity contribution < 1.29 is 0 Å². The lowest BCUT2D eigenvalue weighted by Gasteiger charge is -2.00. The van der Waals surface area contributed by atoms with Crippen LogP contribution in [0.2, 0.25) is 0 Å². The number of hydrogen-bond donors (Lipinski definition) is 0. The molecule has 0 spiro atoms. The van der Waals surface area contributed by atoms with Crippen LogP contribution in [-0.4, -0.2) is 24.7 Å². The number of halogens is 1. The summed E-state index contributed by atoms with van der Waals surface area (Å²) in [6.07, 6.45) is 6.23. The number of alkyl halides is 1. The van der Waals surface area contributed by atoms with Gasteiger partial charge in [0.25, 0.3) is 0 Å². The van der Waals surface area contributed by atoms with Gasteiger partial charge in [-0.15, -0.1) is 11.6 Å². The Morgan fingerprint density at radius 2 is 2.23 bits per heavy atom. The molecule has 0 saturated carbocycles. The van der Waals surface area contributed by atoms with Crippen LogP contribution < -0.4 is 0 Å². The maximum Gasteiger partial charge on any atom is 0.174 e. The van der Waals surface area contributed by atoms with E-state index >= 15 is 0 Å². The quantitative estimate of drug-likeness (QED) is 0.665. The Kier molecular flexibility index (Phi) is 2.18. The van der Waals surface area contributed by atoms with E-state index < -0.39 is 0 Å². The Balaban J connectivity index is 2.47. The predicted molar refractivity (Wildman–Crippen MR) is 46.5 cm³/mol. The number of rotatable bonds is 2. The molecule has 0 aliphatic rings. The van der Waals surface area contributed by atoms with Crippen LogP contribution >= 0.6 is 11.6 Å². The largest absolute Gasteiger partial charge is 0.259 e. The van der Waals surface area contributed by atoms with Crippen molar-refractivity contribution in [2.75, 3.05) is 0 Å². The Morgan fingerprint density at radius 1 is 1.31 bits per heavy atom. The molecule has 66 valence electrons. The first-order valence-electron chi connectivity index (χ1n) is 3.63. The summed E-state index contributed by atoms with van der Waals surface area (Å²) in [4.78, 5) is 12.0. The monoisotopic (exact) mass is 195 g/mol. The number of nitrogens with zero attached hydrogens (tertiary/aromatic N) is 5. The van der Waals surface area contributed by atoms with Crippen molar-refractivity contribution in [2.24, 2.45) is 0 Å². The minimum atomic E-state index is 0.302. The van der Waals surface area contributed by atoms with E-state index in [0.29, 0.717) is 17.5 Å². The highest BCUT2D eigenvalue weighted by atomic mass is 35.5. The van der Waals surface area contributed by atoms with Crippen molar-refractivity contribution in [2.45, 2.75) is 5.88 Å². The van der Waals surface area contributed by atoms with E-state index in [1.807, 2.05) is 0 Å². The molecule has 0 bridgehead atoms. The van der Waals surface area contributed by atoms with Crippen molar-refractivity contribution in [3.63, 3.8) is 0 Å². The molecule has 2 aromatic heterocycles. The summed E-state index contributed by atoms with van der Waals surface area (Å²) in [7, 11) is 0. The number of aromatic nitrogens is 5. The zero-order valence-corrected chi connectivity index (χ0v) is 7.39. The minimum absolute atomic E-state index is 0.302. The van der Waals surface area contributed by atoms with Crippen LogP contribution in [0.15, 0.2) is 24.9 Å². The van der Waals surface area contributed by atoms with Gasteiger partial charge in [-0.2, -0.15) is 9.78 Å². The second-order valence-corrected chi connectivity index (χ2v) is 2.55. The van der Waals surface area contributed by atoms with Gasteiger partial charge in [-0.3, -0.25) is 4.98 Å². The van der Waals surface area contributed by atoms with Gasteiger partial charge >= 0.3 is 0 Å². The second kappa shape index (κ2) is 3.49. The second-order valence-electron chi connectivity index (χ2n) is 2.29. The van der Waals surface area contributed by atoms with Crippen molar-refractivity contribution in [3.05, 3.63) is 30.7 Å². The fourth-order valence-corrected chi connectivity index (χ4v) is 1.13. The molecule has 5 nitrogen and oxygen atoms in total. The van der Waals surface area contributed by atoms with E-state index in [2.05, 4.69) is 20.1 Å². The molecule has 0 fully saturated rings. The molecular weight excluding hydrogens is 190 g/mol. The highest BCUT2D eigenvalue weighted by molar-refractivity contribution is 6.16. The molecule has 0 aliphatic heterocycles. The van der Waals surface area contributed by atoms with Gasteiger partial charge in [0.1, 0.15) is 12.2 Å². The standard InChI is InChI=1S/C7H6ClN5/c8-3-6-11-5-12-13(6)7-4-9-1-2-10-7/h1-2,4-5H,3H2. The molecule has 0 aromatic carbocycles. The van der Waals surface area contributed by atoms with Crippen molar-refractivity contribution in [1.82, 2.24) is 24.7 Å². The highest BCUT2D eigenvalue weighted by Crippen LogP contribution is 2.04. The molecule has 2 aromatic rings. The highest BCUT2D eigenvalue weighted by Gasteiger charge is 2.05. The van der Waals surface area contributed by atoms with Crippen LogP contribution in [0.25, 0.3) is 5.82 Å². The number of hydrogen-bond acceptors (Lipinski definition) is 4. The maximum atomic E-state index is 5.65. The summed E-state index contributed by atoms with van der Waals surface area (Å²) < 4.78 is 1.56. The fraction of sp³-hybridized carbons (Fsp3) is 0.143. The first-order valence-corrected chi connectivity index (χ1v) is 4.16. The van der Waals surface area contributed by atoms with Crippen LogP contribution in [-0.2, 0) is 5.88 Å². The molecule has 2 heterocycles. The smallest absolute Gasteiger partial charge is 0.174 e. The van der Waals surface area contributed by atoms with Crippen LogP contribution in [0.4, 0.5) is 0 Å². The van der Waals surface area contributed by atoms with Gasteiger partial charge in [-0.1, -0.05) is 0 Å². The van der Waals surface area contributed by atoms with Gasteiger partial charge < -0.3 is 0 Å². The summed E-state index contributed by atoms with van der Waals surface area (Å²) in [5.74, 6) is 1.58. The molecule has 0 saturated heterocycles. The topological polar surface area (TPSA) is 56.5 Å². The average Bonchev–Trinajstić information content (AvgIpc) is 2.67. The summed E-state index contributed by atoms with van der Waals surface area (Å²) >= 11 is 5.65. The van der Waals surface area contributed by atoms with E-state index in [9.17, 15) is 0 Å². The lowest BCUT2D eigenvalue weighted by atomic mass is 10.6. The lowest BCUT2D eigenvalue weighted by Crippen LogP contribution is -2.03. The Bertz CT molecular complexity index is 385. The maximum absolute atomic E-state index is 5.65. The third-order valence-electron chi connectivity index (χ3n) is 1.50. The molecule has 0 aliphatic carbocycles. The predicted octanol–water partition coefficient (Wildman–Crippen LogP) is 0.796. The zero-order chi connectivity index (χ0) is 9.10. The van der Waals surface area contributed by atoms with Crippen LogP contribution in [0.5, 0.6) is 0 Å². The molecule has 13 heavy (non-hydrogen) atoms. The van der Waals surface area contributed by atoms with E-state index in [1.165, 1.54) is 6.33 Å². The van der Waals surface area contributed by atoms with Gasteiger partial charge in [-0.25, -0.2) is 9.97 Å². The molecular formula is C7H6ClN5. The average molecular weight is 196 g/mol. The van der Waals surface area contributed by atoms with Gasteiger partial charge in [-0.05, 0) is 0 Å². The first-order chi connectivity index (χ1) is 6.42. The summed E-state index contributed by atoms with van der Waals surface area (Å²) in [6, 6.07) is 0. The summed E-state index contributed by atoms with van der Waals surface area (Å²) in [5.41, 5.74) is 0. The third kappa shape index (κ3) is 1.50. The van der Waals surface area contributed by atoms with E-state index in [0.717, 1.165) is 0 Å². The third-order valence-corrected chi connectivity index (χ3v) is 1.74. The van der Waals surface area contributed by atoms with E-state index in [1.54, 1.807) is 23.3 Å². The summed E-state index contributed by atoms with van der Waals surface area (Å²) in [6.45, 7) is 0. The molecule has 2 rings (SSSR count). The van der Waals surface area contributed by atoms with Gasteiger partial charge in [0.05, 0.1) is 12.1 Å². The normalized spacial score (nSPS) is 10.2. The van der Waals surface area contributed by atoms with Gasteiger partial charge in [0.2, 0.25) is 0 Å². The van der Waals surface area contributed by atoms with Crippen LogP contribution in [0.1, 0.15) is 5.82 Å². The van der Waals surface area contributed by atoms with Crippen molar-refractivity contribution >= 4 is 11.6 Å². The summed E-state index contributed by atoms with van der Waals surface area (Å²) in [5, 5.41) is 3.98. The Hall–Kier alpha value is -1.49. The van der Waals surface area contributed by atoms with Gasteiger partial charge in [0.15, 0.2) is 5.82 Å². The first kappa shape index (κ1) is 8.12. The van der Waals surface area contributed by atoms with Gasteiger partial charge in [0, 0.05) is 12.4 Å². The Labute approximate surface area is 79.4 Å². The van der Waals surface area contributed by atoms with Crippen LogP contribution in [0, 0.1) is 0 Å². The van der Waals surface area contributed by atoms with E-state index in [-0.39, 0.29) is 0 Å². The minimum Gasteiger partial charge on any atom is -0.259 e. The molecule has 0 unspecified atom stereocenters. The zero-order valence-electron chi connectivity index (χ0n) is 6.63. The molecule has 0 N–H and O–H groups in total. The molecule has 0 atom stereocenters. The Morgan fingerprint density at radius 3 is 2.92 bits per heavy atom. The molecule has 6 heteroatoms. The molecule has 0 amide bonds. The fourth-order valence-electron chi connectivity index (χ4n) is 0.949. The van der Waals surface area contributed by atoms with Crippen LogP contribution in [0.3, 0.4) is 0 Å². The van der Waals surface area contributed by atoms with Crippen molar-refractivity contribution in [1.29, 1.82) is 0 Å². The molecule has 0 radical (unpaired) electrons. The van der Waals surface area contributed by atoms with Crippen molar-refractivity contribution in [3.8, 4) is 5.82 Å². The van der Waals surface area contributed by atoms with E-state index in [4.69, 9.17) is 11.6 Å². The lowest BCUT2D eigenvalue weighted by molar-refractivity contribution is 0.797. The SMILES string of the molecule is ClCc1ncnn1-c1cnccn1.